The molecule has 28 heavy (non-hydrogen) atoms. The van der Waals surface area contributed by atoms with Gasteiger partial charge in [0.1, 0.15) is 5.82 Å². The van der Waals surface area contributed by atoms with Crippen LogP contribution in [0.25, 0.3) is 11.3 Å². The summed E-state index contributed by atoms with van der Waals surface area (Å²) in [5, 5.41) is -0.482. The van der Waals surface area contributed by atoms with Crippen LogP contribution in [-0.4, -0.2) is 15.0 Å². The zero-order valence-electron chi connectivity index (χ0n) is 14.5. The molecule has 0 bridgehead atoms. The lowest BCUT2D eigenvalue weighted by atomic mass is 10.0. The number of pyridine rings is 1. The van der Waals surface area contributed by atoms with Crippen LogP contribution in [0.1, 0.15) is 22.4 Å². The highest BCUT2D eigenvalue weighted by atomic mass is 35.5. The molecule has 0 fully saturated rings. The van der Waals surface area contributed by atoms with Gasteiger partial charge in [-0.1, -0.05) is 35.6 Å². The van der Waals surface area contributed by atoms with E-state index in [4.69, 9.17) is 23.1 Å². The molecule has 0 radical (unpaired) electrons. The lowest BCUT2D eigenvalue weighted by molar-refractivity contribution is -0.137. The van der Waals surface area contributed by atoms with Gasteiger partial charge in [-0.25, -0.2) is 15.0 Å². The van der Waals surface area contributed by atoms with Gasteiger partial charge in [0.15, 0.2) is 0 Å². The third kappa shape index (κ3) is 4.00. The molecule has 0 aliphatic heterocycles. The van der Waals surface area contributed by atoms with Gasteiger partial charge in [-0.15, -0.1) is 0 Å². The zero-order valence-corrected chi connectivity index (χ0v) is 15.2. The van der Waals surface area contributed by atoms with Crippen LogP contribution in [0.2, 0.25) is 5.02 Å². The Labute approximate surface area is 163 Å². The molecule has 2 aromatic heterocycles. The van der Waals surface area contributed by atoms with E-state index in [1.165, 1.54) is 18.3 Å². The number of nitrogen functional groups attached to an aromatic ring is 2. The molecule has 2 heterocycles. The second-order valence-corrected chi connectivity index (χ2v) is 6.16. The first kappa shape index (κ1) is 19.5. The molecule has 142 valence electrons. The number of aryl methyl sites for hydroxylation is 1. The summed E-state index contributed by atoms with van der Waals surface area (Å²) in [6.45, 7) is 1.63. The highest BCUT2D eigenvalue weighted by molar-refractivity contribution is 6.34. The molecule has 3 rings (SSSR count). The number of benzene rings is 1. The molecule has 1 aromatic carbocycles. The van der Waals surface area contributed by atoms with Crippen molar-refractivity contribution in [2.75, 3.05) is 11.5 Å². The number of nitrogens with zero attached hydrogens (tertiary/aromatic N) is 3. The summed E-state index contributed by atoms with van der Waals surface area (Å²) in [4.78, 5) is 12.1. The average Bonchev–Trinajstić information content (AvgIpc) is 2.61. The summed E-state index contributed by atoms with van der Waals surface area (Å²) in [6, 6.07) is 6.82. The summed E-state index contributed by atoms with van der Waals surface area (Å²) in [5.74, 6) is 5.99. The standard InChI is InChI=1S/C19H13ClF3N5/c1-10-12(7-5-11-6-8-15(24)26-9-11)17(28-18(25)27-10)13-3-2-4-14(16(13)20)19(21,22)23/h2-4,6,8-9H,1H3,(H2,24,26)(H2,25,27,28). The number of halogens is 4. The van der Waals surface area contributed by atoms with Crippen LogP contribution < -0.4 is 11.5 Å². The smallest absolute Gasteiger partial charge is 0.384 e. The van der Waals surface area contributed by atoms with E-state index in [1.807, 2.05) is 0 Å². The van der Waals surface area contributed by atoms with E-state index >= 15 is 0 Å². The highest BCUT2D eigenvalue weighted by Crippen LogP contribution is 2.40. The Kier molecular flexibility index (Phi) is 5.12. The van der Waals surface area contributed by atoms with Gasteiger partial charge < -0.3 is 11.5 Å². The van der Waals surface area contributed by atoms with Crippen LogP contribution in [0.15, 0.2) is 36.5 Å². The normalized spacial score (nSPS) is 11.0. The monoisotopic (exact) mass is 403 g/mol. The molecule has 4 N–H and O–H groups in total. The molecule has 0 amide bonds. The van der Waals surface area contributed by atoms with E-state index in [9.17, 15) is 13.2 Å². The summed E-state index contributed by atoms with van der Waals surface area (Å²) in [5.41, 5.74) is 11.7. The quantitative estimate of drug-likeness (QED) is 0.597. The van der Waals surface area contributed by atoms with Gasteiger partial charge in [0, 0.05) is 17.3 Å². The SMILES string of the molecule is Cc1nc(N)nc(-c2cccc(C(F)(F)F)c2Cl)c1C#Cc1ccc(N)nc1. The van der Waals surface area contributed by atoms with Crippen LogP contribution in [0.4, 0.5) is 24.9 Å². The Morgan fingerprint density at radius 3 is 2.43 bits per heavy atom. The molecule has 0 unspecified atom stereocenters. The van der Waals surface area contributed by atoms with Gasteiger partial charge in [0.2, 0.25) is 5.95 Å². The molecule has 3 aromatic rings. The first-order valence-electron chi connectivity index (χ1n) is 7.90. The highest BCUT2D eigenvalue weighted by Gasteiger charge is 2.34. The second-order valence-electron chi connectivity index (χ2n) is 5.78. The van der Waals surface area contributed by atoms with Crippen molar-refractivity contribution < 1.29 is 13.2 Å². The molecule has 0 saturated heterocycles. The maximum atomic E-state index is 13.2. The predicted molar refractivity (Wildman–Crippen MR) is 101 cm³/mol. The van der Waals surface area contributed by atoms with E-state index in [2.05, 4.69) is 26.8 Å². The van der Waals surface area contributed by atoms with Crippen LogP contribution in [0.3, 0.4) is 0 Å². The van der Waals surface area contributed by atoms with E-state index in [1.54, 1.807) is 19.1 Å². The minimum Gasteiger partial charge on any atom is -0.384 e. The topological polar surface area (TPSA) is 90.7 Å². The van der Waals surface area contributed by atoms with Gasteiger partial charge in [-0.05, 0) is 25.1 Å². The van der Waals surface area contributed by atoms with Crippen molar-refractivity contribution in [3.05, 3.63) is 63.9 Å². The fourth-order valence-corrected chi connectivity index (χ4v) is 2.81. The second kappa shape index (κ2) is 7.37. The number of nitrogens with two attached hydrogens (primary N) is 2. The third-order valence-electron chi connectivity index (χ3n) is 3.78. The number of anilines is 2. The molecular weight excluding hydrogens is 391 g/mol. The number of alkyl halides is 3. The zero-order chi connectivity index (χ0) is 20.5. The van der Waals surface area contributed by atoms with Crippen LogP contribution in [-0.2, 0) is 6.18 Å². The Bertz CT molecular complexity index is 1100. The predicted octanol–water partition coefficient (Wildman–Crippen LogP) is 4.08. The van der Waals surface area contributed by atoms with Crippen molar-refractivity contribution in [1.82, 2.24) is 15.0 Å². The van der Waals surface area contributed by atoms with Crippen LogP contribution in [0, 0.1) is 18.8 Å². The summed E-state index contributed by atoms with van der Waals surface area (Å²) in [7, 11) is 0. The molecule has 5 nitrogen and oxygen atoms in total. The molecule has 0 spiro atoms. The minimum atomic E-state index is -4.61. The molecule has 0 saturated carbocycles. The molecule has 0 atom stereocenters. The first-order valence-corrected chi connectivity index (χ1v) is 8.28. The van der Waals surface area contributed by atoms with Gasteiger partial charge in [-0.3, -0.25) is 0 Å². The fraction of sp³-hybridized carbons (Fsp3) is 0.105. The van der Waals surface area contributed by atoms with Crippen molar-refractivity contribution in [1.29, 1.82) is 0 Å². The summed E-state index contributed by atoms with van der Waals surface area (Å²) in [6.07, 6.45) is -3.13. The van der Waals surface area contributed by atoms with E-state index in [0.717, 1.165) is 6.07 Å². The average molecular weight is 404 g/mol. The molecule has 0 aliphatic carbocycles. The maximum Gasteiger partial charge on any atom is 0.417 e. The number of hydrogen-bond acceptors (Lipinski definition) is 5. The van der Waals surface area contributed by atoms with Gasteiger partial charge in [0.25, 0.3) is 0 Å². The van der Waals surface area contributed by atoms with Crippen molar-refractivity contribution in [3.8, 4) is 23.1 Å². The van der Waals surface area contributed by atoms with Crippen LogP contribution in [0.5, 0.6) is 0 Å². The molecular formula is C19H13ClF3N5. The van der Waals surface area contributed by atoms with Crippen molar-refractivity contribution in [2.24, 2.45) is 0 Å². The Hall–Kier alpha value is -3.31. The lowest BCUT2D eigenvalue weighted by Crippen LogP contribution is -2.08. The number of hydrogen-bond donors (Lipinski definition) is 2. The van der Waals surface area contributed by atoms with Crippen molar-refractivity contribution in [2.45, 2.75) is 13.1 Å². The molecule has 0 aliphatic rings. The van der Waals surface area contributed by atoms with E-state index in [0.29, 0.717) is 22.6 Å². The largest absolute Gasteiger partial charge is 0.417 e. The lowest BCUT2D eigenvalue weighted by Gasteiger charge is -2.14. The molecule has 9 heteroatoms. The van der Waals surface area contributed by atoms with Gasteiger partial charge in [-0.2, -0.15) is 13.2 Å². The van der Waals surface area contributed by atoms with Gasteiger partial charge >= 0.3 is 6.18 Å². The summed E-state index contributed by atoms with van der Waals surface area (Å²) < 4.78 is 39.7. The summed E-state index contributed by atoms with van der Waals surface area (Å²) >= 11 is 6.05. The fourth-order valence-electron chi connectivity index (χ4n) is 2.49. The number of rotatable bonds is 1. The first-order chi connectivity index (χ1) is 13.2. The number of aromatic nitrogens is 3. The third-order valence-corrected chi connectivity index (χ3v) is 4.19. The Balaban J connectivity index is 2.20. The van der Waals surface area contributed by atoms with E-state index < -0.39 is 16.8 Å². The van der Waals surface area contributed by atoms with Crippen LogP contribution >= 0.6 is 11.6 Å². The Morgan fingerprint density at radius 1 is 1.04 bits per heavy atom. The Morgan fingerprint density at radius 2 is 1.79 bits per heavy atom. The van der Waals surface area contributed by atoms with Crippen molar-refractivity contribution in [3.63, 3.8) is 0 Å². The van der Waals surface area contributed by atoms with Crippen molar-refractivity contribution >= 4 is 23.4 Å². The van der Waals surface area contributed by atoms with E-state index in [-0.39, 0.29) is 17.2 Å². The minimum absolute atomic E-state index is 0.0634. The van der Waals surface area contributed by atoms with Gasteiger partial charge in [0.05, 0.1) is 27.5 Å². The maximum absolute atomic E-state index is 13.2.